The van der Waals surface area contributed by atoms with Crippen molar-refractivity contribution >= 4 is 11.6 Å². The fourth-order valence-electron chi connectivity index (χ4n) is 4.11. The van der Waals surface area contributed by atoms with Gasteiger partial charge in [-0.25, -0.2) is 9.97 Å². The summed E-state index contributed by atoms with van der Waals surface area (Å²) in [6.45, 7) is 4.79. The van der Waals surface area contributed by atoms with Crippen LogP contribution in [0.3, 0.4) is 0 Å². The summed E-state index contributed by atoms with van der Waals surface area (Å²) in [6.07, 6.45) is 1.29. The molecule has 154 valence electrons. The van der Waals surface area contributed by atoms with Crippen LogP contribution in [0.2, 0.25) is 5.02 Å². The summed E-state index contributed by atoms with van der Waals surface area (Å²) < 4.78 is 41.4. The molecule has 2 heterocycles. The molecule has 0 aromatic heterocycles. The van der Waals surface area contributed by atoms with Crippen molar-refractivity contribution in [2.24, 2.45) is 5.92 Å². The fourth-order valence-corrected chi connectivity index (χ4v) is 4.39. The summed E-state index contributed by atoms with van der Waals surface area (Å²) in [6, 6.07) is 3.52. The first kappa shape index (κ1) is 20.1. The maximum atomic E-state index is 13.2. The Morgan fingerprint density at radius 3 is 2.55 bits per heavy atom. The summed E-state index contributed by atoms with van der Waals surface area (Å²) in [7, 11) is 0. The van der Waals surface area contributed by atoms with E-state index in [1.807, 2.05) is 11.6 Å². The first-order chi connectivity index (χ1) is 13.8. The molecule has 1 unspecified atom stereocenters. The summed E-state index contributed by atoms with van der Waals surface area (Å²) >= 11 is 6.40. The zero-order valence-electron chi connectivity index (χ0n) is 16.3. The molecule has 0 bridgehead atoms. The molecule has 0 radical (unpaired) electrons. The molecule has 0 saturated heterocycles. The SMILES string of the molecule is CCCC(c1c(-c2ccc(C(F)(F)F)cc2Cl)c2ncnc-2nn1CC)C1CC1. The number of nitrogens with zero attached hydrogens (tertiary/aromatic N) is 4. The van der Waals surface area contributed by atoms with Crippen molar-refractivity contribution in [3.05, 3.63) is 40.8 Å². The molecule has 0 amide bonds. The van der Waals surface area contributed by atoms with Crippen molar-refractivity contribution in [1.82, 2.24) is 19.7 Å². The van der Waals surface area contributed by atoms with Crippen LogP contribution in [-0.4, -0.2) is 19.7 Å². The van der Waals surface area contributed by atoms with Crippen molar-refractivity contribution in [1.29, 1.82) is 0 Å². The zero-order chi connectivity index (χ0) is 20.8. The lowest BCUT2D eigenvalue weighted by molar-refractivity contribution is -0.137. The van der Waals surface area contributed by atoms with Gasteiger partial charge in [0, 0.05) is 28.6 Å². The van der Waals surface area contributed by atoms with E-state index in [0.717, 1.165) is 49.1 Å². The number of benzene rings is 1. The van der Waals surface area contributed by atoms with Crippen molar-refractivity contribution in [2.75, 3.05) is 0 Å². The van der Waals surface area contributed by atoms with Gasteiger partial charge in [0.2, 0.25) is 0 Å². The van der Waals surface area contributed by atoms with Crippen molar-refractivity contribution in [2.45, 2.75) is 58.2 Å². The second-order valence-electron chi connectivity index (χ2n) is 7.55. The maximum absolute atomic E-state index is 13.2. The lowest BCUT2D eigenvalue weighted by atomic mass is 9.87. The minimum Gasteiger partial charge on any atom is -0.267 e. The van der Waals surface area contributed by atoms with E-state index in [9.17, 15) is 13.2 Å². The Hall–Kier alpha value is -2.15. The van der Waals surface area contributed by atoms with Crippen LogP contribution < -0.4 is 0 Å². The molecule has 4 nitrogen and oxygen atoms in total. The molecule has 1 fully saturated rings. The highest BCUT2D eigenvalue weighted by Gasteiger charge is 2.38. The van der Waals surface area contributed by atoms with E-state index in [2.05, 4.69) is 22.0 Å². The maximum Gasteiger partial charge on any atom is 0.416 e. The van der Waals surface area contributed by atoms with Gasteiger partial charge in [-0.2, -0.15) is 18.3 Å². The van der Waals surface area contributed by atoms with E-state index in [1.54, 1.807) is 0 Å². The van der Waals surface area contributed by atoms with E-state index in [-0.39, 0.29) is 10.9 Å². The Balaban J connectivity index is 1.98. The van der Waals surface area contributed by atoms with E-state index in [1.165, 1.54) is 12.4 Å². The highest BCUT2D eigenvalue weighted by molar-refractivity contribution is 6.33. The molecule has 1 saturated carbocycles. The number of imidazole rings is 1. The molecule has 1 aromatic rings. The highest BCUT2D eigenvalue weighted by Crippen LogP contribution is 2.50. The smallest absolute Gasteiger partial charge is 0.267 e. The fraction of sp³-hybridized carbons (Fsp3) is 0.476. The quantitative estimate of drug-likeness (QED) is 0.459. The van der Waals surface area contributed by atoms with Gasteiger partial charge < -0.3 is 0 Å². The number of alkyl halides is 3. The molecule has 4 rings (SSSR count). The van der Waals surface area contributed by atoms with E-state index in [4.69, 9.17) is 11.6 Å². The van der Waals surface area contributed by atoms with Gasteiger partial charge in [0.1, 0.15) is 12.0 Å². The van der Waals surface area contributed by atoms with Gasteiger partial charge in [0.05, 0.1) is 11.3 Å². The largest absolute Gasteiger partial charge is 0.416 e. The molecule has 1 atom stereocenters. The van der Waals surface area contributed by atoms with Crippen LogP contribution in [0.4, 0.5) is 13.2 Å². The summed E-state index contributed by atoms with van der Waals surface area (Å²) in [5.41, 5.74) is 2.15. The van der Waals surface area contributed by atoms with Gasteiger partial charge in [-0.3, -0.25) is 4.68 Å². The molecule has 3 aliphatic rings. The normalized spacial score (nSPS) is 15.8. The lowest BCUT2D eigenvalue weighted by Gasteiger charge is -2.26. The first-order valence-electron chi connectivity index (χ1n) is 9.93. The van der Waals surface area contributed by atoms with Gasteiger partial charge in [0.15, 0.2) is 5.82 Å². The van der Waals surface area contributed by atoms with Gasteiger partial charge in [-0.1, -0.05) is 31.0 Å². The molecule has 8 heteroatoms. The molecule has 1 aromatic carbocycles. The van der Waals surface area contributed by atoms with Crippen molar-refractivity contribution in [3.8, 4) is 22.6 Å². The summed E-state index contributed by atoms with van der Waals surface area (Å²) in [5.74, 6) is 1.30. The van der Waals surface area contributed by atoms with Crippen LogP contribution in [0.25, 0.3) is 22.6 Å². The van der Waals surface area contributed by atoms with E-state index < -0.39 is 11.7 Å². The van der Waals surface area contributed by atoms with E-state index >= 15 is 0 Å². The standard InChI is InChI=1S/C21H22ClF3N4/c1-3-5-14(12-6-7-12)19-17(18-20(27-11-26-18)28-29(19)4-2)15-9-8-13(10-16(15)22)21(23,24)25/h8-12,14H,3-7H2,1-2H3. The average molecular weight is 423 g/mol. The zero-order valence-corrected chi connectivity index (χ0v) is 17.1. The second-order valence-corrected chi connectivity index (χ2v) is 7.95. The van der Waals surface area contributed by atoms with E-state index in [0.29, 0.717) is 29.5 Å². The highest BCUT2D eigenvalue weighted by atomic mass is 35.5. The lowest BCUT2D eigenvalue weighted by Crippen LogP contribution is -2.18. The Kier molecular flexibility index (Phi) is 5.27. The molecule has 0 N–H and O–H groups in total. The minimum atomic E-state index is -4.44. The molecular formula is C21H22ClF3N4. The minimum absolute atomic E-state index is 0.0604. The molecule has 2 aliphatic heterocycles. The molecule has 1 aliphatic carbocycles. The Labute approximate surface area is 172 Å². The topological polar surface area (TPSA) is 43.6 Å². The monoisotopic (exact) mass is 422 g/mol. The Bertz CT molecular complexity index is 994. The van der Waals surface area contributed by atoms with Gasteiger partial charge in [0.25, 0.3) is 0 Å². The number of hydrogen-bond acceptors (Lipinski definition) is 3. The van der Waals surface area contributed by atoms with Crippen LogP contribution in [0, 0.1) is 5.92 Å². The Morgan fingerprint density at radius 2 is 1.97 bits per heavy atom. The predicted molar refractivity (Wildman–Crippen MR) is 106 cm³/mol. The van der Waals surface area contributed by atoms with Gasteiger partial charge in [-0.15, -0.1) is 0 Å². The van der Waals surface area contributed by atoms with Crippen LogP contribution in [0.5, 0.6) is 0 Å². The number of aromatic nitrogens is 4. The van der Waals surface area contributed by atoms with Crippen molar-refractivity contribution in [3.63, 3.8) is 0 Å². The van der Waals surface area contributed by atoms with Crippen LogP contribution in [0.1, 0.15) is 56.7 Å². The number of fused-ring (bicyclic) bond motifs is 1. The third-order valence-corrected chi connectivity index (χ3v) is 5.89. The third kappa shape index (κ3) is 3.72. The predicted octanol–water partition coefficient (Wildman–Crippen LogP) is 6.43. The number of aryl methyl sites for hydroxylation is 1. The number of hydrogen-bond donors (Lipinski definition) is 0. The summed E-state index contributed by atoms with van der Waals surface area (Å²) in [4.78, 5) is 8.64. The van der Waals surface area contributed by atoms with Gasteiger partial charge in [-0.05, 0) is 44.2 Å². The van der Waals surface area contributed by atoms with Crippen LogP contribution in [0.15, 0.2) is 24.5 Å². The van der Waals surface area contributed by atoms with Crippen molar-refractivity contribution < 1.29 is 13.2 Å². The van der Waals surface area contributed by atoms with Crippen LogP contribution in [-0.2, 0) is 12.7 Å². The molecule has 29 heavy (non-hydrogen) atoms. The summed E-state index contributed by atoms with van der Waals surface area (Å²) in [5, 5.41) is 4.72. The first-order valence-corrected chi connectivity index (χ1v) is 10.3. The molecule has 0 spiro atoms. The Morgan fingerprint density at radius 1 is 1.21 bits per heavy atom. The number of rotatable bonds is 6. The average Bonchev–Trinajstić information content (AvgIpc) is 3.41. The van der Waals surface area contributed by atoms with Gasteiger partial charge >= 0.3 is 6.18 Å². The molecular weight excluding hydrogens is 401 g/mol. The third-order valence-electron chi connectivity index (χ3n) is 5.57. The number of halogens is 4. The second kappa shape index (κ2) is 7.59. The van der Waals surface area contributed by atoms with Crippen LogP contribution >= 0.6 is 11.6 Å².